The number of nitrogens with one attached hydrogen (secondary N) is 1. The van der Waals surface area contributed by atoms with E-state index in [4.69, 9.17) is 4.74 Å². The summed E-state index contributed by atoms with van der Waals surface area (Å²) in [6.07, 6.45) is 4.70. The van der Waals surface area contributed by atoms with Crippen molar-refractivity contribution in [3.63, 3.8) is 0 Å². The fourth-order valence-electron chi connectivity index (χ4n) is 2.53. The highest BCUT2D eigenvalue weighted by Gasteiger charge is 2.18. The predicted octanol–water partition coefficient (Wildman–Crippen LogP) is 3.37. The zero-order chi connectivity index (χ0) is 15.4. The van der Waals surface area contributed by atoms with Gasteiger partial charge in [-0.05, 0) is 27.3 Å². The van der Waals surface area contributed by atoms with Gasteiger partial charge in [-0.15, -0.1) is 11.3 Å². The molecule has 114 valence electrons. The Morgan fingerprint density at radius 1 is 1.24 bits per heavy atom. The van der Waals surface area contributed by atoms with Crippen molar-refractivity contribution in [2.75, 3.05) is 13.7 Å². The highest BCUT2D eigenvalue weighted by Crippen LogP contribution is 2.29. The number of rotatable bonds is 6. The van der Waals surface area contributed by atoms with Crippen LogP contribution >= 0.6 is 11.3 Å². The van der Waals surface area contributed by atoms with Crippen LogP contribution in [-0.2, 0) is 6.42 Å². The van der Waals surface area contributed by atoms with E-state index in [1.54, 1.807) is 18.4 Å². The Labute approximate surface area is 130 Å². The Balaban J connectivity index is 2.29. The lowest BCUT2D eigenvalue weighted by molar-refractivity contribution is 0.406. The Bertz CT molecular complexity index is 610. The van der Waals surface area contributed by atoms with Crippen molar-refractivity contribution < 1.29 is 4.74 Å². The van der Waals surface area contributed by atoms with Gasteiger partial charge < -0.3 is 10.1 Å². The minimum Gasteiger partial charge on any atom is -0.496 e. The largest absolute Gasteiger partial charge is 0.496 e. The monoisotopic (exact) mass is 305 g/mol. The van der Waals surface area contributed by atoms with Crippen molar-refractivity contribution >= 4 is 11.3 Å². The van der Waals surface area contributed by atoms with Crippen molar-refractivity contribution in [2.24, 2.45) is 0 Å². The Morgan fingerprint density at radius 2 is 2.00 bits per heavy atom. The Hall–Kier alpha value is -1.46. The van der Waals surface area contributed by atoms with Crippen LogP contribution in [0.15, 0.2) is 12.4 Å². The number of hydrogen-bond donors (Lipinski definition) is 1. The summed E-state index contributed by atoms with van der Waals surface area (Å²) < 4.78 is 5.50. The van der Waals surface area contributed by atoms with Crippen LogP contribution in [-0.4, -0.2) is 23.6 Å². The summed E-state index contributed by atoms with van der Waals surface area (Å²) in [5.41, 5.74) is 3.28. The molecule has 0 aliphatic heterocycles. The van der Waals surface area contributed by atoms with Gasteiger partial charge in [-0.2, -0.15) is 0 Å². The maximum atomic E-state index is 5.50. The molecule has 2 heterocycles. The third-order valence-corrected chi connectivity index (χ3v) is 4.61. The lowest BCUT2D eigenvalue weighted by Gasteiger charge is -2.18. The standard InChI is InChI=1S/C16H23N3OS/c1-6-17-14(15-9-18-12(4)21-15)7-13-11(3)16(20-5)10(2)8-19-13/h8-9,14,17H,6-7H2,1-5H3. The van der Waals surface area contributed by atoms with Gasteiger partial charge in [0.15, 0.2) is 0 Å². The second-order valence-corrected chi connectivity index (χ2v) is 6.41. The summed E-state index contributed by atoms with van der Waals surface area (Å²) in [7, 11) is 1.72. The minimum atomic E-state index is 0.250. The molecule has 1 unspecified atom stereocenters. The van der Waals surface area contributed by atoms with Gasteiger partial charge in [0.25, 0.3) is 0 Å². The van der Waals surface area contributed by atoms with E-state index in [-0.39, 0.29) is 6.04 Å². The van der Waals surface area contributed by atoms with Crippen molar-refractivity contribution in [3.8, 4) is 5.75 Å². The molecule has 21 heavy (non-hydrogen) atoms. The number of aryl methyl sites for hydroxylation is 2. The summed E-state index contributed by atoms with van der Waals surface area (Å²) in [5.74, 6) is 0.940. The first kappa shape index (κ1) is 15.9. The van der Waals surface area contributed by atoms with Crippen LogP contribution in [0.5, 0.6) is 5.75 Å². The van der Waals surface area contributed by atoms with E-state index in [0.717, 1.165) is 40.5 Å². The van der Waals surface area contributed by atoms with E-state index in [2.05, 4.69) is 29.1 Å². The SMILES string of the molecule is CCNC(Cc1ncc(C)c(OC)c1C)c1cnc(C)s1. The molecule has 1 N–H and O–H groups in total. The highest BCUT2D eigenvalue weighted by atomic mass is 32.1. The van der Waals surface area contributed by atoms with Gasteiger partial charge in [0, 0.05) is 46.6 Å². The van der Waals surface area contributed by atoms with Crippen LogP contribution in [0.1, 0.15) is 39.7 Å². The van der Waals surface area contributed by atoms with Crippen LogP contribution in [0.2, 0.25) is 0 Å². The predicted molar refractivity (Wildman–Crippen MR) is 87.2 cm³/mol. The van der Waals surface area contributed by atoms with E-state index >= 15 is 0 Å². The summed E-state index contributed by atoms with van der Waals surface area (Å²) in [6.45, 7) is 9.18. The van der Waals surface area contributed by atoms with Crippen LogP contribution in [0, 0.1) is 20.8 Å². The lowest BCUT2D eigenvalue weighted by Crippen LogP contribution is -2.23. The number of aromatic nitrogens is 2. The van der Waals surface area contributed by atoms with E-state index in [1.165, 1.54) is 4.88 Å². The van der Waals surface area contributed by atoms with Crippen LogP contribution in [0.3, 0.4) is 0 Å². The first-order valence-electron chi connectivity index (χ1n) is 7.21. The number of likely N-dealkylation sites (N-methyl/N-ethyl adjacent to an activating group) is 1. The van der Waals surface area contributed by atoms with Crippen molar-refractivity contribution in [1.29, 1.82) is 0 Å². The molecule has 2 rings (SSSR count). The van der Waals surface area contributed by atoms with Gasteiger partial charge in [0.2, 0.25) is 0 Å². The minimum absolute atomic E-state index is 0.250. The first-order valence-corrected chi connectivity index (χ1v) is 8.03. The van der Waals surface area contributed by atoms with Gasteiger partial charge in [-0.25, -0.2) is 4.98 Å². The number of thiazole rings is 1. The summed E-state index contributed by atoms with van der Waals surface area (Å²) in [5, 5.41) is 4.63. The molecule has 0 saturated carbocycles. The zero-order valence-electron chi connectivity index (χ0n) is 13.4. The maximum Gasteiger partial charge on any atom is 0.128 e. The Morgan fingerprint density at radius 3 is 2.57 bits per heavy atom. The highest BCUT2D eigenvalue weighted by molar-refractivity contribution is 7.11. The third-order valence-electron chi connectivity index (χ3n) is 3.58. The van der Waals surface area contributed by atoms with Gasteiger partial charge in [-0.3, -0.25) is 4.98 Å². The topological polar surface area (TPSA) is 47.0 Å². The van der Waals surface area contributed by atoms with Crippen LogP contribution in [0.25, 0.3) is 0 Å². The average molecular weight is 305 g/mol. The normalized spacial score (nSPS) is 12.4. The number of methoxy groups -OCH3 is 1. The molecule has 2 aromatic rings. The zero-order valence-corrected chi connectivity index (χ0v) is 14.2. The molecule has 5 heteroatoms. The number of hydrogen-bond acceptors (Lipinski definition) is 5. The van der Waals surface area contributed by atoms with Crippen molar-refractivity contribution in [3.05, 3.63) is 39.1 Å². The van der Waals surface area contributed by atoms with Crippen molar-refractivity contribution in [1.82, 2.24) is 15.3 Å². The molecule has 0 amide bonds. The van der Waals surface area contributed by atoms with E-state index in [1.807, 2.05) is 26.2 Å². The summed E-state index contributed by atoms with van der Waals surface area (Å²) in [4.78, 5) is 10.2. The molecule has 0 fully saturated rings. The molecule has 0 bridgehead atoms. The van der Waals surface area contributed by atoms with Crippen molar-refractivity contribution in [2.45, 2.75) is 40.2 Å². The molecule has 0 aromatic carbocycles. The molecule has 0 aliphatic carbocycles. The lowest BCUT2D eigenvalue weighted by atomic mass is 10.0. The average Bonchev–Trinajstić information content (AvgIpc) is 2.88. The fraction of sp³-hybridized carbons (Fsp3) is 0.500. The number of nitrogens with zero attached hydrogens (tertiary/aromatic N) is 2. The van der Waals surface area contributed by atoms with E-state index < -0.39 is 0 Å². The van der Waals surface area contributed by atoms with Gasteiger partial charge >= 0.3 is 0 Å². The molecular weight excluding hydrogens is 282 g/mol. The fourth-order valence-corrected chi connectivity index (χ4v) is 3.39. The molecule has 0 saturated heterocycles. The molecule has 2 aromatic heterocycles. The first-order chi connectivity index (χ1) is 10.1. The van der Waals surface area contributed by atoms with Crippen LogP contribution < -0.4 is 10.1 Å². The summed E-state index contributed by atoms with van der Waals surface area (Å²) in [6, 6.07) is 0.250. The quantitative estimate of drug-likeness (QED) is 0.889. The van der Waals surface area contributed by atoms with E-state index in [9.17, 15) is 0 Å². The maximum absolute atomic E-state index is 5.50. The molecule has 0 aliphatic rings. The van der Waals surface area contributed by atoms with Gasteiger partial charge in [0.1, 0.15) is 5.75 Å². The second kappa shape index (κ2) is 7.00. The van der Waals surface area contributed by atoms with Gasteiger partial charge in [-0.1, -0.05) is 6.92 Å². The number of pyridine rings is 1. The smallest absolute Gasteiger partial charge is 0.128 e. The second-order valence-electron chi connectivity index (χ2n) is 5.14. The van der Waals surface area contributed by atoms with E-state index in [0.29, 0.717) is 0 Å². The molecule has 4 nitrogen and oxygen atoms in total. The number of ether oxygens (including phenoxy) is 1. The Kier molecular flexibility index (Phi) is 5.31. The summed E-state index contributed by atoms with van der Waals surface area (Å²) >= 11 is 1.74. The molecule has 1 atom stereocenters. The third kappa shape index (κ3) is 3.60. The molecular formula is C16H23N3OS. The molecule has 0 spiro atoms. The van der Waals surface area contributed by atoms with Crippen LogP contribution in [0.4, 0.5) is 0 Å². The van der Waals surface area contributed by atoms with Gasteiger partial charge in [0.05, 0.1) is 12.1 Å². The molecule has 0 radical (unpaired) electrons.